The summed E-state index contributed by atoms with van der Waals surface area (Å²) in [5.74, 6) is 1.97. The molecule has 0 aromatic carbocycles. The van der Waals surface area contributed by atoms with E-state index in [9.17, 15) is 0 Å². The monoisotopic (exact) mass is 292 g/mol. The van der Waals surface area contributed by atoms with Crippen molar-refractivity contribution >= 4 is 11.3 Å². The van der Waals surface area contributed by atoms with E-state index in [0.29, 0.717) is 0 Å². The number of rotatable bonds is 5. The molecule has 20 heavy (non-hydrogen) atoms. The summed E-state index contributed by atoms with van der Waals surface area (Å²) in [6, 6.07) is 4.12. The van der Waals surface area contributed by atoms with Crippen LogP contribution in [0.1, 0.15) is 41.9 Å². The number of aromatic nitrogens is 1. The fourth-order valence-corrected chi connectivity index (χ4v) is 3.20. The van der Waals surface area contributed by atoms with Gasteiger partial charge in [-0.2, -0.15) is 0 Å². The van der Waals surface area contributed by atoms with Crippen LogP contribution in [0, 0.1) is 0 Å². The van der Waals surface area contributed by atoms with Gasteiger partial charge in [0.25, 0.3) is 0 Å². The van der Waals surface area contributed by atoms with Crippen LogP contribution < -0.4 is 0 Å². The molecule has 1 saturated heterocycles. The molecule has 0 N–H and O–H groups in total. The topological polar surface area (TPSA) is 38.5 Å². The van der Waals surface area contributed by atoms with Crippen LogP contribution in [0.4, 0.5) is 0 Å². The summed E-state index contributed by atoms with van der Waals surface area (Å²) in [7, 11) is 2.08. The van der Waals surface area contributed by atoms with Crippen LogP contribution in [0.15, 0.2) is 28.1 Å². The fraction of sp³-hybridized carbons (Fsp3) is 0.533. The summed E-state index contributed by atoms with van der Waals surface area (Å²) in [4.78, 5) is 6.51. The largest absolute Gasteiger partial charge is 0.462 e. The van der Waals surface area contributed by atoms with Crippen LogP contribution in [-0.4, -0.2) is 23.5 Å². The standard InChI is InChI=1S/C15H20N2O2S/c1-17(11-15-16-7-9-20-15)10-12-5-6-14(19-12)13-4-2-3-8-18-13/h5-7,9,13H,2-4,8,10-11H2,1H3/t13-/m0/s1. The van der Waals surface area contributed by atoms with Gasteiger partial charge < -0.3 is 9.15 Å². The van der Waals surface area contributed by atoms with Crippen molar-refractivity contribution in [2.24, 2.45) is 0 Å². The Bertz CT molecular complexity index is 518. The maximum Gasteiger partial charge on any atom is 0.133 e. The van der Waals surface area contributed by atoms with Crippen LogP contribution in [-0.2, 0) is 17.8 Å². The molecule has 0 spiro atoms. The normalized spacial score (nSPS) is 19.6. The Kier molecular flexibility index (Phi) is 4.50. The van der Waals surface area contributed by atoms with Crippen molar-refractivity contribution in [3.05, 3.63) is 40.2 Å². The summed E-state index contributed by atoms with van der Waals surface area (Å²) < 4.78 is 11.7. The molecular weight excluding hydrogens is 272 g/mol. The van der Waals surface area contributed by atoms with Gasteiger partial charge in [-0.15, -0.1) is 11.3 Å². The molecule has 0 radical (unpaired) electrons. The number of ether oxygens (including phenoxy) is 1. The molecule has 5 heteroatoms. The van der Waals surface area contributed by atoms with Crippen molar-refractivity contribution < 1.29 is 9.15 Å². The first-order valence-corrected chi connectivity index (χ1v) is 7.96. The van der Waals surface area contributed by atoms with Gasteiger partial charge in [-0.1, -0.05) is 0 Å². The van der Waals surface area contributed by atoms with Crippen LogP contribution in [0.2, 0.25) is 0 Å². The minimum Gasteiger partial charge on any atom is -0.462 e. The highest BCUT2D eigenvalue weighted by Gasteiger charge is 2.19. The first kappa shape index (κ1) is 13.8. The molecule has 3 heterocycles. The van der Waals surface area contributed by atoms with E-state index in [1.165, 1.54) is 12.8 Å². The first-order chi connectivity index (χ1) is 9.81. The first-order valence-electron chi connectivity index (χ1n) is 7.08. The van der Waals surface area contributed by atoms with Crippen LogP contribution in [0.25, 0.3) is 0 Å². The lowest BCUT2D eigenvalue weighted by Crippen LogP contribution is -2.16. The van der Waals surface area contributed by atoms with Gasteiger partial charge in [0.1, 0.15) is 22.6 Å². The van der Waals surface area contributed by atoms with Gasteiger partial charge in [0.05, 0.1) is 13.1 Å². The predicted octanol–water partition coefficient (Wildman–Crippen LogP) is 3.61. The SMILES string of the molecule is CN(Cc1ccc([C@@H]2CCCCO2)o1)Cc1nccs1. The fourth-order valence-electron chi connectivity index (χ4n) is 2.50. The smallest absolute Gasteiger partial charge is 0.133 e. The maximum atomic E-state index is 5.93. The van der Waals surface area contributed by atoms with Gasteiger partial charge in [0, 0.05) is 18.2 Å². The second-order valence-electron chi connectivity index (χ2n) is 5.26. The quantitative estimate of drug-likeness (QED) is 0.844. The molecule has 1 aliphatic rings. The third-order valence-electron chi connectivity index (χ3n) is 3.49. The van der Waals surface area contributed by atoms with E-state index in [0.717, 1.165) is 42.6 Å². The molecule has 1 atom stereocenters. The van der Waals surface area contributed by atoms with Gasteiger partial charge in [0.2, 0.25) is 0 Å². The summed E-state index contributed by atoms with van der Waals surface area (Å²) in [5.41, 5.74) is 0. The molecule has 0 aliphatic carbocycles. The lowest BCUT2D eigenvalue weighted by Gasteiger charge is -2.20. The van der Waals surface area contributed by atoms with Gasteiger partial charge in [-0.25, -0.2) is 4.98 Å². The number of hydrogen-bond acceptors (Lipinski definition) is 5. The minimum absolute atomic E-state index is 0.154. The maximum absolute atomic E-state index is 5.93. The Labute approximate surface area is 123 Å². The van der Waals surface area contributed by atoms with Crippen molar-refractivity contribution in [1.82, 2.24) is 9.88 Å². The average Bonchev–Trinajstić information content (AvgIpc) is 3.11. The molecule has 1 aliphatic heterocycles. The molecular formula is C15H20N2O2S. The molecule has 4 nitrogen and oxygen atoms in total. The predicted molar refractivity (Wildman–Crippen MR) is 78.5 cm³/mol. The molecule has 0 unspecified atom stereocenters. The molecule has 108 valence electrons. The van der Waals surface area contributed by atoms with Gasteiger partial charge in [-0.05, 0) is 38.4 Å². The van der Waals surface area contributed by atoms with Crippen LogP contribution in [0.3, 0.4) is 0 Å². The number of thiazole rings is 1. The van der Waals surface area contributed by atoms with E-state index in [2.05, 4.69) is 29.1 Å². The summed E-state index contributed by atoms with van der Waals surface area (Å²) in [5, 5.41) is 3.14. The molecule has 0 bridgehead atoms. The molecule has 2 aromatic rings. The Hall–Kier alpha value is -1.17. The zero-order valence-corrected chi connectivity index (χ0v) is 12.6. The van der Waals surface area contributed by atoms with E-state index in [4.69, 9.17) is 9.15 Å². The molecule has 0 amide bonds. The highest BCUT2D eigenvalue weighted by Crippen LogP contribution is 2.29. The Balaban J connectivity index is 1.56. The van der Waals surface area contributed by atoms with E-state index in [-0.39, 0.29) is 6.10 Å². The average molecular weight is 292 g/mol. The van der Waals surface area contributed by atoms with Gasteiger partial charge in [0.15, 0.2) is 0 Å². The molecule has 2 aromatic heterocycles. The van der Waals surface area contributed by atoms with Gasteiger partial charge in [-0.3, -0.25) is 4.90 Å². The highest BCUT2D eigenvalue weighted by molar-refractivity contribution is 7.09. The van der Waals surface area contributed by atoms with E-state index in [1.54, 1.807) is 11.3 Å². The molecule has 0 saturated carbocycles. The van der Waals surface area contributed by atoms with Crippen molar-refractivity contribution in [3.8, 4) is 0 Å². The number of hydrogen-bond donors (Lipinski definition) is 0. The van der Waals surface area contributed by atoms with Crippen molar-refractivity contribution in [2.75, 3.05) is 13.7 Å². The zero-order chi connectivity index (χ0) is 13.8. The van der Waals surface area contributed by atoms with Crippen molar-refractivity contribution in [2.45, 2.75) is 38.5 Å². The van der Waals surface area contributed by atoms with Gasteiger partial charge >= 0.3 is 0 Å². The van der Waals surface area contributed by atoms with Crippen LogP contribution >= 0.6 is 11.3 Å². The summed E-state index contributed by atoms with van der Waals surface area (Å²) in [6.07, 6.45) is 5.47. The summed E-state index contributed by atoms with van der Waals surface area (Å²) in [6.45, 7) is 2.50. The lowest BCUT2D eigenvalue weighted by atomic mass is 10.1. The second-order valence-corrected chi connectivity index (χ2v) is 6.24. The van der Waals surface area contributed by atoms with E-state index >= 15 is 0 Å². The number of furan rings is 1. The zero-order valence-electron chi connectivity index (χ0n) is 11.7. The highest BCUT2D eigenvalue weighted by atomic mass is 32.1. The van der Waals surface area contributed by atoms with Crippen molar-refractivity contribution in [3.63, 3.8) is 0 Å². The minimum atomic E-state index is 0.154. The Morgan fingerprint density at radius 1 is 1.35 bits per heavy atom. The van der Waals surface area contributed by atoms with Crippen molar-refractivity contribution in [1.29, 1.82) is 0 Å². The molecule has 3 rings (SSSR count). The third kappa shape index (κ3) is 3.48. The Morgan fingerprint density at radius 3 is 3.05 bits per heavy atom. The third-order valence-corrected chi connectivity index (χ3v) is 4.26. The van der Waals surface area contributed by atoms with Crippen LogP contribution in [0.5, 0.6) is 0 Å². The number of nitrogens with zero attached hydrogens (tertiary/aromatic N) is 2. The van der Waals surface area contributed by atoms with E-state index < -0.39 is 0 Å². The summed E-state index contributed by atoms with van der Waals surface area (Å²) >= 11 is 1.69. The molecule has 1 fully saturated rings. The lowest BCUT2D eigenvalue weighted by molar-refractivity contribution is 0.000907. The second kappa shape index (κ2) is 6.52. The van der Waals surface area contributed by atoms with E-state index in [1.807, 2.05) is 11.6 Å². The Morgan fingerprint density at radius 2 is 2.30 bits per heavy atom.